The molecule has 186 valence electrons. The highest BCUT2D eigenvalue weighted by Crippen LogP contribution is 2.30. The highest BCUT2D eigenvalue weighted by atomic mass is 79.9. The van der Waals surface area contributed by atoms with Gasteiger partial charge in [0.25, 0.3) is 5.91 Å². The maximum atomic E-state index is 12.2. The van der Waals surface area contributed by atoms with Gasteiger partial charge in [-0.25, -0.2) is 10.4 Å². The van der Waals surface area contributed by atoms with Crippen molar-refractivity contribution < 1.29 is 19.0 Å². The van der Waals surface area contributed by atoms with Crippen LogP contribution in [0, 0.1) is 18.3 Å². The van der Waals surface area contributed by atoms with E-state index in [1.165, 1.54) is 13.3 Å². The van der Waals surface area contributed by atoms with E-state index in [9.17, 15) is 10.1 Å². The van der Waals surface area contributed by atoms with Gasteiger partial charge in [0.1, 0.15) is 24.0 Å². The number of hydrogen-bond donors (Lipinski definition) is 1. The number of benzene rings is 2. The fourth-order valence-electron chi connectivity index (χ4n) is 3.04. The molecule has 0 bridgehead atoms. The number of nitrogens with one attached hydrogen (secondary N) is 1. The van der Waals surface area contributed by atoms with E-state index >= 15 is 0 Å². The van der Waals surface area contributed by atoms with Crippen molar-refractivity contribution in [1.29, 1.82) is 5.26 Å². The molecule has 0 radical (unpaired) electrons. The number of methoxy groups -OCH3 is 1. The first-order valence-corrected chi connectivity index (χ1v) is 12.1. The molecule has 2 aromatic carbocycles. The van der Waals surface area contributed by atoms with Crippen LogP contribution in [-0.2, 0) is 22.7 Å². The average Bonchev–Trinajstić information content (AvgIpc) is 2.85. The minimum Gasteiger partial charge on any atom is -0.489 e. The molecule has 0 aliphatic carbocycles. The number of aromatic nitrogens is 1. The fraction of sp³-hybridized carbons (Fsp3) is 0.200. The van der Waals surface area contributed by atoms with Crippen molar-refractivity contribution in [2.24, 2.45) is 5.10 Å². The Hall–Kier alpha value is -3.16. The topological polar surface area (TPSA) is 106 Å². The summed E-state index contributed by atoms with van der Waals surface area (Å²) >= 11 is 15.5. The lowest BCUT2D eigenvalue weighted by Crippen LogP contribution is -2.25. The Morgan fingerprint density at radius 3 is 2.75 bits per heavy atom. The highest BCUT2D eigenvalue weighted by molar-refractivity contribution is 9.10. The lowest BCUT2D eigenvalue weighted by molar-refractivity contribution is -0.123. The van der Waals surface area contributed by atoms with Gasteiger partial charge in [-0.1, -0.05) is 41.4 Å². The summed E-state index contributed by atoms with van der Waals surface area (Å²) in [5.41, 5.74) is 5.29. The molecular weight excluding hydrogens is 571 g/mol. The molecule has 1 heterocycles. The molecule has 3 aromatic rings. The average molecular weight is 592 g/mol. The number of pyridine rings is 1. The number of carbonyl (C=O) groups excluding carboxylic acids is 1. The number of hydrazone groups is 1. The molecule has 0 aliphatic heterocycles. The number of carbonyl (C=O) groups is 1. The predicted octanol–water partition coefficient (Wildman–Crippen LogP) is 5.59. The number of hydrogen-bond acceptors (Lipinski definition) is 7. The first-order valence-electron chi connectivity index (χ1n) is 10.5. The molecule has 1 amide bonds. The van der Waals surface area contributed by atoms with Crippen LogP contribution in [0.3, 0.4) is 0 Å². The summed E-state index contributed by atoms with van der Waals surface area (Å²) < 4.78 is 17.1. The van der Waals surface area contributed by atoms with Gasteiger partial charge in [-0.2, -0.15) is 10.4 Å². The van der Waals surface area contributed by atoms with Crippen molar-refractivity contribution in [2.45, 2.75) is 20.1 Å². The Bertz CT molecular complexity index is 1330. The second kappa shape index (κ2) is 13.2. The van der Waals surface area contributed by atoms with E-state index in [1.54, 1.807) is 49.4 Å². The molecule has 36 heavy (non-hydrogen) atoms. The summed E-state index contributed by atoms with van der Waals surface area (Å²) in [6.45, 7) is 1.83. The Balaban J connectivity index is 1.56. The Morgan fingerprint density at radius 1 is 1.22 bits per heavy atom. The normalized spacial score (nSPS) is 10.8. The largest absolute Gasteiger partial charge is 0.489 e. The second-order valence-electron chi connectivity index (χ2n) is 7.39. The zero-order valence-corrected chi connectivity index (χ0v) is 22.4. The highest BCUT2D eigenvalue weighted by Gasteiger charge is 2.18. The Kier molecular flexibility index (Phi) is 10.1. The van der Waals surface area contributed by atoms with Crippen molar-refractivity contribution in [1.82, 2.24) is 10.4 Å². The number of aryl methyl sites for hydroxylation is 1. The standard InChI is InChI=1S/C25H21BrCl2N4O4/c1-15-24(26)21(13-34-2)20(10-29)25(31-15)36-14-23(33)32-30-11-16-4-3-5-19(8-16)35-12-17-6-7-18(27)9-22(17)28/h3-9,11H,12-14H2,1-2H3,(H,32,33). The summed E-state index contributed by atoms with van der Waals surface area (Å²) in [4.78, 5) is 16.5. The van der Waals surface area contributed by atoms with Gasteiger partial charge in [-0.05, 0) is 52.7 Å². The summed E-state index contributed by atoms with van der Waals surface area (Å²) in [7, 11) is 1.52. The van der Waals surface area contributed by atoms with Crippen molar-refractivity contribution in [3.05, 3.63) is 84.9 Å². The lowest BCUT2D eigenvalue weighted by Gasteiger charge is -2.13. The molecule has 0 atom stereocenters. The van der Waals surface area contributed by atoms with Crippen molar-refractivity contribution in [3.63, 3.8) is 0 Å². The molecule has 1 aromatic heterocycles. The number of amides is 1. The van der Waals surface area contributed by atoms with E-state index in [0.717, 1.165) is 5.56 Å². The van der Waals surface area contributed by atoms with Gasteiger partial charge < -0.3 is 14.2 Å². The number of ether oxygens (including phenoxy) is 3. The smallest absolute Gasteiger partial charge is 0.278 e. The van der Waals surface area contributed by atoms with Gasteiger partial charge in [0, 0.05) is 32.8 Å². The maximum Gasteiger partial charge on any atom is 0.278 e. The molecule has 11 heteroatoms. The molecule has 0 unspecified atom stereocenters. The quantitative estimate of drug-likeness (QED) is 0.243. The van der Waals surface area contributed by atoms with Crippen LogP contribution in [0.25, 0.3) is 0 Å². The first-order chi connectivity index (χ1) is 17.3. The molecule has 0 saturated carbocycles. The summed E-state index contributed by atoms with van der Waals surface area (Å²) in [6, 6.07) is 14.4. The number of rotatable bonds is 10. The molecule has 8 nitrogen and oxygen atoms in total. The van der Waals surface area contributed by atoms with Gasteiger partial charge in [-0.15, -0.1) is 0 Å². The van der Waals surface area contributed by atoms with Crippen molar-refractivity contribution >= 4 is 51.3 Å². The molecule has 0 aliphatic rings. The van der Waals surface area contributed by atoms with Crippen LogP contribution in [0.1, 0.15) is 27.9 Å². The monoisotopic (exact) mass is 590 g/mol. The number of halogens is 3. The molecule has 0 saturated heterocycles. The molecular formula is C25H21BrCl2N4O4. The lowest BCUT2D eigenvalue weighted by atomic mass is 10.1. The zero-order chi connectivity index (χ0) is 26.1. The van der Waals surface area contributed by atoms with E-state index < -0.39 is 5.91 Å². The molecule has 0 spiro atoms. The van der Waals surface area contributed by atoms with E-state index in [0.29, 0.717) is 37.1 Å². The maximum absolute atomic E-state index is 12.2. The van der Waals surface area contributed by atoms with Crippen LogP contribution in [0.2, 0.25) is 10.0 Å². The van der Waals surface area contributed by atoms with Crippen LogP contribution in [-0.4, -0.2) is 30.8 Å². The fourth-order valence-corrected chi connectivity index (χ4v) is 3.91. The summed E-state index contributed by atoms with van der Waals surface area (Å²) in [6.07, 6.45) is 1.47. The first kappa shape index (κ1) is 27.4. The van der Waals surface area contributed by atoms with Crippen LogP contribution < -0.4 is 14.9 Å². The van der Waals surface area contributed by atoms with E-state index in [2.05, 4.69) is 37.5 Å². The van der Waals surface area contributed by atoms with Crippen molar-refractivity contribution in [3.8, 4) is 17.7 Å². The van der Waals surface area contributed by atoms with E-state index in [1.807, 2.05) is 0 Å². The van der Waals surface area contributed by atoms with Crippen molar-refractivity contribution in [2.75, 3.05) is 13.7 Å². The predicted molar refractivity (Wildman–Crippen MR) is 141 cm³/mol. The van der Waals surface area contributed by atoms with Gasteiger partial charge >= 0.3 is 0 Å². The van der Waals surface area contributed by atoms with Crippen LogP contribution in [0.5, 0.6) is 11.6 Å². The van der Waals surface area contributed by atoms with Crippen LogP contribution >= 0.6 is 39.1 Å². The third-order valence-corrected chi connectivity index (χ3v) is 6.42. The van der Waals surface area contributed by atoms with Gasteiger partial charge in [0.2, 0.25) is 5.88 Å². The second-order valence-corrected chi connectivity index (χ2v) is 9.03. The SMILES string of the molecule is COCc1c(Br)c(C)nc(OCC(=O)NN=Cc2cccc(OCc3ccc(Cl)cc3Cl)c2)c1C#N. The minimum absolute atomic E-state index is 0.0509. The molecule has 1 N–H and O–H groups in total. The summed E-state index contributed by atoms with van der Waals surface area (Å²) in [5.74, 6) is 0.137. The van der Waals surface area contributed by atoms with Gasteiger partial charge in [-0.3, -0.25) is 4.79 Å². The molecule has 0 fully saturated rings. The van der Waals surface area contributed by atoms with E-state index in [-0.39, 0.29) is 31.3 Å². The van der Waals surface area contributed by atoms with E-state index in [4.69, 9.17) is 37.4 Å². The Morgan fingerprint density at radius 2 is 2.03 bits per heavy atom. The zero-order valence-electron chi connectivity index (χ0n) is 19.3. The third kappa shape index (κ3) is 7.42. The minimum atomic E-state index is -0.518. The van der Waals surface area contributed by atoms with Crippen LogP contribution in [0.4, 0.5) is 0 Å². The molecule has 3 rings (SSSR count). The van der Waals surface area contributed by atoms with Gasteiger partial charge in [0.15, 0.2) is 6.61 Å². The van der Waals surface area contributed by atoms with Gasteiger partial charge in [0.05, 0.1) is 18.5 Å². The number of nitrogens with zero attached hydrogens (tertiary/aromatic N) is 3. The number of nitriles is 1. The summed E-state index contributed by atoms with van der Waals surface area (Å²) in [5, 5.41) is 14.6. The van der Waals surface area contributed by atoms with Crippen LogP contribution in [0.15, 0.2) is 52.0 Å². The Labute approximate surface area is 226 Å². The third-order valence-electron chi connectivity index (χ3n) is 4.78.